The van der Waals surface area contributed by atoms with Gasteiger partial charge >= 0.3 is 0 Å². The number of anilines is 3. The lowest BCUT2D eigenvalue weighted by atomic mass is 10.2. The van der Waals surface area contributed by atoms with E-state index in [0.717, 1.165) is 22.3 Å². The topological polar surface area (TPSA) is 114 Å². The predicted molar refractivity (Wildman–Crippen MR) is 116 cm³/mol. The van der Waals surface area contributed by atoms with Crippen LogP contribution >= 0.6 is 0 Å². The first-order chi connectivity index (χ1) is 15.0. The highest BCUT2D eigenvalue weighted by molar-refractivity contribution is 6.00. The third-order valence-corrected chi connectivity index (χ3v) is 5.78. The lowest BCUT2D eigenvalue weighted by Gasteiger charge is -2.28. The minimum absolute atomic E-state index is 0.0175. The first-order valence-electron chi connectivity index (χ1n) is 10.2. The minimum Gasteiger partial charge on any atom is -0.480 e. The first-order valence-corrected chi connectivity index (χ1v) is 10.2. The van der Waals surface area contributed by atoms with E-state index in [0.29, 0.717) is 31.1 Å². The van der Waals surface area contributed by atoms with Gasteiger partial charge < -0.3 is 25.0 Å². The van der Waals surface area contributed by atoms with E-state index in [2.05, 4.69) is 10.2 Å². The molecule has 2 unspecified atom stereocenters. The molecule has 2 atom stereocenters. The van der Waals surface area contributed by atoms with Gasteiger partial charge in [0, 0.05) is 35.8 Å². The molecule has 3 heterocycles. The maximum absolute atomic E-state index is 13.1. The van der Waals surface area contributed by atoms with Gasteiger partial charge in [-0.2, -0.15) is 5.10 Å². The SMILES string of the molecule is CC1CC(Oc2ccc3[nH]nc(N)c3c2)C(=O)N1c1ccc(N2CCOCC2=O)cc1. The minimum atomic E-state index is -0.582. The third-order valence-electron chi connectivity index (χ3n) is 5.78. The Morgan fingerprint density at radius 2 is 1.94 bits per heavy atom. The van der Waals surface area contributed by atoms with Gasteiger partial charge in [0.25, 0.3) is 11.8 Å². The van der Waals surface area contributed by atoms with Crippen LogP contribution in [0.2, 0.25) is 0 Å². The van der Waals surface area contributed by atoms with Gasteiger partial charge in [-0.1, -0.05) is 0 Å². The fourth-order valence-electron chi connectivity index (χ4n) is 4.20. The zero-order valence-electron chi connectivity index (χ0n) is 17.1. The van der Waals surface area contributed by atoms with Crippen LogP contribution in [-0.4, -0.2) is 53.9 Å². The summed E-state index contributed by atoms with van der Waals surface area (Å²) >= 11 is 0. The lowest BCUT2D eigenvalue weighted by Crippen LogP contribution is -2.41. The number of H-pyrrole nitrogens is 1. The summed E-state index contributed by atoms with van der Waals surface area (Å²) in [4.78, 5) is 28.6. The van der Waals surface area contributed by atoms with E-state index in [9.17, 15) is 9.59 Å². The van der Waals surface area contributed by atoms with E-state index in [1.165, 1.54) is 0 Å². The number of nitrogens with one attached hydrogen (secondary N) is 1. The average molecular weight is 421 g/mol. The maximum Gasteiger partial charge on any atom is 0.268 e. The summed E-state index contributed by atoms with van der Waals surface area (Å²) in [5.74, 6) is 0.817. The summed E-state index contributed by atoms with van der Waals surface area (Å²) in [5.41, 5.74) is 8.27. The standard InChI is InChI=1S/C22H23N5O4/c1-13-10-19(31-16-6-7-18-17(11-16)21(23)25-24-18)22(29)27(13)15-4-2-14(3-5-15)26-8-9-30-12-20(26)28/h2-7,11,13,19H,8-10,12H2,1H3,(H3,23,24,25). The number of nitrogens with zero attached hydrogens (tertiary/aromatic N) is 3. The predicted octanol–water partition coefficient (Wildman–Crippen LogP) is 2.08. The smallest absolute Gasteiger partial charge is 0.268 e. The van der Waals surface area contributed by atoms with E-state index < -0.39 is 6.10 Å². The monoisotopic (exact) mass is 421 g/mol. The van der Waals surface area contributed by atoms with Gasteiger partial charge in [0.1, 0.15) is 12.4 Å². The van der Waals surface area contributed by atoms with Crippen molar-refractivity contribution in [3.8, 4) is 5.75 Å². The Morgan fingerprint density at radius 3 is 2.71 bits per heavy atom. The Morgan fingerprint density at radius 1 is 1.16 bits per heavy atom. The van der Waals surface area contributed by atoms with Gasteiger partial charge in [0.05, 0.1) is 12.1 Å². The molecule has 3 N–H and O–H groups in total. The Labute approximate surface area is 178 Å². The summed E-state index contributed by atoms with van der Waals surface area (Å²) < 4.78 is 11.2. The normalized spacial score (nSPS) is 21.8. The number of aromatic nitrogens is 2. The molecule has 0 aliphatic carbocycles. The molecular weight excluding hydrogens is 398 g/mol. The summed E-state index contributed by atoms with van der Waals surface area (Å²) in [6, 6.07) is 12.9. The van der Waals surface area contributed by atoms with E-state index >= 15 is 0 Å². The fraction of sp³-hybridized carbons (Fsp3) is 0.318. The molecule has 0 bridgehead atoms. The molecule has 0 saturated carbocycles. The number of benzene rings is 2. The second-order valence-electron chi connectivity index (χ2n) is 7.83. The molecule has 5 rings (SSSR count). The van der Waals surface area contributed by atoms with Gasteiger partial charge in [0.15, 0.2) is 11.9 Å². The zero-order valence-corrected chi connectivity index (χ0v) is 17.1. The van der Waals surface area contributed by atoms with Crippen molar-refractivity contribution in [3.05, 3.63) is 42.5 Å². The summed E-state index contributed by atoms with van der Waals surface area (Å²) in [6.07, 6.45) is -0.0115. The van der Waals surface area contributed by atoms with Crippen LogP contribution in [0.4, 0.5) is 17.2 Å². The Bertz CT molecular complexity index is 1140. The van der Waals surface area contributed by atoms with Crippen LogP contribution in [0.25, 0.3) is 10.9 Å². The van der Waals surface area contributed by atoms with Crippen molar-refractivity contribution in [1.82, 2.24) is 10.2 Å². The Hall–Kier alpha value is -3.59. The van der Waals surface area contributed by atoms with Crippen molar-refractivity contribution in [2.45, 2.75) is 25.5 Å². The van der Waals surface area contributed by atoms with Crippen LogP contribution in [0, 0.1) is 0 Å². The molecule has 2 aliphatic rings. The summed E-state index contributed by atoms with van der Waals surface area (Å²) in [6.45, 7) is 3.14. The van der Waals surface area contributed by atoms with Crippen molar-refractivity contribution in [2.24, 2.45) is 0 Å². The molecule has 9 nitrogen and oxygen atoms in total. The lowest BCUT2D eigenvalue weighted by molar-refractivity contribution is -0.125. The summed E-state index contributed by atoms with van der Waals surface area (Å²) in [7, 11) is 0. The molecule has 2 aromatic carbocycles. The number of carbonyl (C=O) groups excluding carboxylic acids is 2. The van der Waals surface area contributed by atoms with Gasteiger partial charge in [-0.25, -0.2) is 0 Å². The number of nitrogens with two attached hydrogens (primary N) is 1. The number of rotatable bonds is 4. The Balaban J connectivity index is 1.33. The molecule has 1 aromatic heterocycles. The second kappa shape index (κ2) is 7.59. The van der Waals surface area contributed by atoms with Crippen molar-refractivity contribution in [2.75, 3.05) is 35.3 Å². The van der Waals surface area contributed by atoms with Gasteiger partial charge in [0.2, 0.25) is 0 Å². The van der Waals surface area contributed by atoms with Crippen molar-refractivity contribution < 1.29 is 19.1 Å². The molecule has 9 heteroatoms. The van der Waals surface area contributed by atoms with E-state index in [1.54, 1.807) is 21.9 Å². The highest BCUT2D eigenvalue weighted by atomic mass is 16.5. The van der Waals surface area contributed by atoms with Crippen LogP contribution in [0.3, 0.4) is 0 Å². The van der Waals surface area contributed by atoms with Crippen LogP contribution in [-0.2, 0) is 14.3 Å². The molecular formula is C22H23N5O4. The molecule has 2 amide bonds. The number of hydrogen-bond donors (Lipinski definition) is 2. The third kappa shape index (κ3) is 3.46. The van der Waals surface area contributed by atoms with E-state index in [-0.39, 0.29) is 24.5 Å². The molecule has 0 spiro atoms. The van der Waals surface area contributed by atoms with E-state index in [1.807, 2.05) is 37.3 Å². The molecule has 2 saturated heterocycles. The van der Waals surface area contributed by atoms with Crippen LogP contribution < -0.4 is 20.3 Å². The molecule has 2 fully saturated rings. The Kier molecular flexibility index (Phi) is 4.74. The van der Waals surface area contributed by atoms with Crippen molar-refractivity contribution >= 4 is 39.9 Å². The molecule has 31 heavy (non-hydrogen) atoms. The quantitative estimate of drug-likeness (QED) is 0.667. The average Bonchev–Trinajstić information content (AvgIpc) is 3.27. The number of ether oxygens (including phenoxy) is 2. The van der Waals surface area contributed by atoms with Gasteiger partial charge in [-0.15, -0.1) is 0 Å². The van der Waals surface area contributed by atoms with Crippen molar-refractivity contribution in [1.29, 1.82) is 0 Å². The molecule has 160 valence electrons. The number of amides is 2. The number of aromatic amines is 1. The highest BCUT2D eigenvalue weighted by Gasteiger charge is 2.39. The van der Waals surface area contributed by atoms with Crippen LogP contribution in [0.1, 0.15) is 13.3 Å². The molecule has 3 aromatic rings. The molecule has 2 aliphatic heterocycles. The van der Waals surface area contributed by atoms with E-state index in [4.69, 9.17) is 15.2 Å². The highest BCUT2D eigenvalue weighted by Crippen LogP contribution is 2.32. The van der Waals surface area contributed by atoms with Gasteiger partial charge in [-0.3, -0.25) is 14.7 Å². The zero-order chi connectivity index (χ0) is 21.5. The second-order valence-corrected chi connectivity index (χ2v) is 7.83. The summed E-state index contributed by atoms with van der Waals surface area (Å²) in [5, 5.41) is 7.60. The number of morpholine rings is 1. The number of hydrogen-bond acceptors (Lipinski definition) is 6. The first kappa shape index (κ1) is 19.4. The number of nitrogen functional groups attached to an aromatic ring is 1. The number of fused-ring (bicyclic) bond motifs is 1. The molecule has 0 radical (unpaired) electrons. The van der Waals surface area contributed by atoms with Crippen LogP contribution in [0.5, 0.6) is 5.75 Å². The largest absolute Gasteiger partial charge is 0.480 e. The number of carbonyl (C=O) groups is 2. The maximum atomic E-state index is 13.1. The van der Waals surface area contributed by atoms with Crippen LogP contribution in [0.15, 0.2) is 42.5 Å². The fourth-order valence-corrected chi connectivity index (χ4v) is 4.20. The van der Waals surface area contributed by atoms with Gasteiger partial charge in [-0.05, 0) is 49.4 Å². The van der Waals surface area contributed by atoms with Crippen molar-refractivity contribution in [3.63, 3.8) is 0 Å².